The van der Waals surface area contributed by atoms with E-state index in [0.29, 0.717) is 31.9 Å². The number of hydrogen-bond acceptors (Lipinski definition) is 5. The van der Waals surface area contributed by atoms with Crippen molar-refractivity contribution in [3.8, 4) is 0 Å². The van der Waals surface area contributed by atoms with Gasteiger partial charge in [0.05, 0.1) is 18.0 Å². The van der Waals surface area contributed by atoms with Gasteiger partial charge in [0.15, 0.2) is 0 Å². The van der Waals surface area contributed by atoms with E-state index in [9.17, 15) is 13.2 Å². The summed E-state index contributed by atoms with van der Waals surface area (Å²) in [6, 6.07) is 19.7. The molecule has 1 amide bonds. The lowest BCUT2D eigenvalue weighted by atomic mass is 10.2. The third-order valence-corrected chi connectivity index (χ3v) is 7.76. The Labute approximate surface area is 215 Å². The second kappa shape index (κ2) is 13.0. The molecule has 0 saturated carbocycles. The first-order valence-electron chi connectivity index (χ1n) is 11.5. The van der Waals surface area contributed by atoms with E-state index in [1.807, 2.05) is 56.3 Å². The molecule has 3 rings (SSSR count). The second-order valence-electron chi connectivity index (χ2n) is 8.09. The first-order chi connectivity index (χ1) is 16.8. The summed E-state index contributed by atoms with van der Waals surface area (Å²) in [7, 11) is -3.89. The Morgan fingerprint density at radius 2 is 1.71 bits per heavy atom. The number of ether oxygens (including phenoxy) is 1. The molecule has 1 heterocycles. The van der Waals surface area contributed by atoms with Gasteiger partial charge in [-0.05, 0) is 62.2 Å². The van der Waals surface area contributed by atoms with Gasteiger partial charge in [0, 0.05) is 30.8 Å². The van der Waals surface area contributed by atoms with E-state index in [0.717, 1.165) is 15.8 Å². The summed E-state index contributed by atoms with van der Waals surface area (Å²) in [6.07, 6.45) is 0.479. The Morgan fingerprint density at radius 1 is 1.00 bits per heavy atom. The SMILES string of the molecule is CCOCCCN(CC(=O)N(Cc1ccccc1)Cc1ccc(C)o1)S(=O)(=O)c1ccc(Br)cc1. The van der Waals surface area contributed by atoms with Crippen LogP contribution in [0.25, 0.3) is 0 Å². The highest BCUT2D eigenvalue weighted by molar-refractivity contribution is 9.10. The minimum absolute atomic E-state index is 0.140. The Hall–Kier alpha value is -2.46. The fourth-order valence-corrected chi connectivity index (χ4v) is 5.26. The molecular weight excluding hydrogens is 532 g/mol. The Bertz CT molecular complexity index is 1180. The number of carbonyl (C=O) groups excluding carboxylic acids is 1. The Morgan fingerprint density at radius 3 is 2.34 bits per heavy atom. The number of sulfonamides is 1. The average molecular weight is 564 g/mol. The van der Waals surface area contributed by atoms with Crippen molar-refractivity contribution in [2.75, 3.05) is 26.3 Å². The number of benzene rings is 2. The van der Waals surface area contributed by atoms with Gasteiger partial charge in [-0.3, -0.25) is 4.79 Å². The standard InChI is InChI=1S/C26H31BrN2O5S/c1-3-33-17-7-16-29(35(31,32)25-14-11-23(27)12-15-25)20-26(30)28(18-22-8-5-4-6-9-22)19-24-13-10-21(2)34-24/h4-6,8-15H,3,7,16-20H2,1-2H3. The summed E-state index contributed by atoms with van der Waals surface area (Å²) >= 11 is 3.34. The van der Waals surface area contributed by atoms with Crippen molar-refractivity contribution >= 4 is 31.9 Å². The zero-order chi connectivity index (χ0) is 25.3. The van der Waals surface area contributed by atoms with Crippen LogP contribution in [0.2, 0.25) is 0 Å². The summed E-state index contributed by atoms with van der Waals surface area (Å²) in [5.41, 5.74) is 0.947. The lowest BCUT2D eigenvalue weighted by Gasteiger charge is -2.27. The molecule has 9 heteroatoms. The van der Waals surface area contributed by atoms with Crippen molar-refractivity contribution in [3.63, 3.8) is 0 Å². The highest BCUT2D eigenvalue weighted by atomic mass is 79.9. The van der Waals surface area contributed by atoms with E-state index in [1.165, 1.54) is 16.4 Å². The molecule has 0 atom stereocenters. The van der Waals surface area contributed by atoms with E-state index < -0.39 is 10.0 Å². The largest absolute Gasteiger partial charge is 0.464 e. The van der Waals surface area contributed by atoms with Crippen molar-refractivity contribution in [3.05, 3.63) is 88.3 Å². The predicted molar refractivity (Wildman–Crippen MR) is 138 cm³/mol. The van der Waals surface area contributed by atoms with Gasteiger partial charge in [-0.2, -0.15) is 4.31 Å². The van der Waals surface area contributed by atoms with Gasteiger partial charge < -0.3 is 14.1 Å². The molecule has 0 aliphatic rings. The number of furan rings is 1. The molecule has 0 N–H and O–H groups in total. The predicted octanol–water partition coefficient (Wildman–Crippen LogP) is 5.00. The van der Waals surface area contributed by atoms with Crippen LogP contribution in [0.1, 0.15) is 30.4 Å². The summed E-state index contributed by atoms with van der Waals surface area (Å²) in [4.78, 5) is 15.3. The zero-order valence-electron chi connectivity index (χ0n) is 20.0. The molecule has 0 bridgehead atoms. The average Bonchev–Trinajstić information content (AvgIpc) is 3.26. The van der Waals surface area contributed by atoms with Crippen LogP contribution in [0.3, 0.4) is 0 Å². The Balaban J connectivity index is 1.84. The quantitative estimate of drug-likeness (QED) is 0.274. The van der Waals surface area contributed by atoms with E-state index in [-0.39, 0.29) is 30.4 Å². The van der Waals surface area contributed by atoms with Crippen LogP contribution in [0.5, 0.6) is 0 Å². The number of rotatable bonds is 13. The number of hydrogen-bond donors (Lipinski definition) is 0. The van der Waals surface area contributed by atoms with Crippen molar-refractivity contribution < 1.29 is 22.4 Å². The summed E-state index contributed by atoms with van der Waals surface area (Å²) in [6.45, 7) is 5.16. The lowest BCUT2D eigenvalue weighted by molar-refractivity contribution is -0.133. The molecule has 35 heavy (non-hydrogen) atoms. The van der Waals surface area contributed by atoms with Crippen LogP contribution in [0.4, 0.5) is 0 Å². The monoisotopic (exact) mass is 562 g/mol. The lowest BCUT2D eigenvalue weighted by Crippen LogP contribution is -2.43. The molecule has 3 aromatic rings. The van der Waals surface area contributed by atoms with Crippen LogP contribution in [-0.2, 0) is 32.6 Å². The number of carbonyl (C=O) groups is 1. The molecule has 1 aromatic heterocycles. The number of nitrogens with zero attached hydrogens (tertiary/aromatic N) is 2. The first-order valence-corrected chi connectivity index (χ1v) is 13.7. The first kappa shape index (κ1) is 27.1. The normalized spacial score (nSPS) is 11.7. The van der Waals surface area contributed by atoms with Crippen molar-refractivity contribution in [2.45, 2.75) is 38.3 Å². The van der Waals surface area contributed by atoms with Gasteiger partial charge >= 0.3 is 0 Å². The van der Waals surface area contributed by atoms with Crippen LogP contribution in [-0.4, -0.2) is 49.8 Å². The molecule has 0 aliphatic heterocycles. The second-order valence-corrected chi connectivity index (χ2v) is 10.9. The minimum Gasteiger partial charge on any atom is -0.464 e. The maximum Gasteiger partial charge on any atom is 0.243 e. The number of halogens is 1. The fraction of sp³-hybridized carbons (Fsp3) is 0.346. The molecule has 7 nitrogen and oxygen atoms in total. The van der Waals surface area contributed by atoms with E-state index in [2.05, 4.69) is 15.9 Å². The highest BCUT2D eigenvalue weighted by Gasteiger charge is 2.28. The van der Waals surface area contributed by atoms with Gasteiger partial charge in [-0.15, -0.1) is 0 Å². The zero-order valence-corrected chi connectivity index (χ0v) is 22.4. The van der Waals surface area contributed by atoms with E-state index >= 15 is 0 Å². The Kier molecular flexibility index (Phi) is 10.1. The summed E-state index contributed by atoms with van der Waals surface area (Å²) in [5, 5.41) is 0. The third-order valence-electron chi connectivity index (χ3n) is 5.38. The number of amides is 1. The van der Waals surface area contributed by atoms with E-state index in [1.54, 1.807) is 17.0 Å². The highest BCUT2D eigenvalue weighted by Crippen LogP contribution is 2.20. The molecule has 0 aliphatic carbocycles. The molecule has 0 fully saturated rings. The maximum atomic E-state index is 13.5. The topological polar surface area (TPSA) is 80.1 Å². The van der Waals surface area contributed by atoms with Crippen LogP contribution >= 0.6 is 15.9 Å². The van der Waals surface area contributed by atoms with E-state index in [4.69, 9.17) is 9.15 Å². The van der Waals surface area contributed by atoms with Crippen LogP contribution < -0.4 is 0 Å². The molecular formula is C26H31BrN2O5S. The van der Waals surface area contributed by atoms with Gasteiger partial charge in [-0.25, -0.2) is 8.42 Å². The van der Waals surface area contributed by atoms with Gasteiger partial charge in [0.1, 0.15) is 11.5 Å². The van der Waals surface area contributed by atoms with Crippen LogP contribution in [0.15, 0.2) is 80.5 Å². The van der Waals surface area contributed by atoms with Gasteiger partial charge in [0.2, 0.25) is 15.9 Å². The van der Waals surface area contributed by atoms with Crippen molar-refractivity contribution in [2.24, 2.45) is 0 Å². The third kappa shape index (κ3) is 8.03. The summed E-state index contributed by atoms with van der Waals surface area (Å²) in [5.74, 6) is 1.09. The van der Waals surface area contributed by atoms with Gasteiger partial charge in [-0.1, -0.05) is 46.3 Å². The number of aryl methyl sites for hydroxylation is 1. The van der Waals surface area contributed by atoms with Gasteiger partial charge in [0.25, 0.3) is 0 Å². The fourth-order valence-electron chi connectivity index (χ4n) is 3.57. The molecule has 2 aromatic carbocycles. The van der Waals surface area contributed by atoms with Crippen molar-refractivity contribution in [1.82, 2.24) is 9.21 Å². The summed E-state index contributed by atoms with van der Waals surface area (Å²) < 4.78 is 40.0. The molecule has 188 valence electrons. The van der Waals surface area contributed by atoms with Crippen molar-refractivity contribution in [1.29, 1.82) is 0 Å². The minimum atomic E-state index is -3.89. The maximum absolute atomic E-state index is 13.5. The molecule has 0 radical (unpaired) electrons. The smallest absolute Gasteiger partial charge is 0.243 e. The molecule has 0 spiro atoms. The van der Waals surface area contributed by atoms with Crippen LogP contribution in [0, 0.1) is 6.92 Å². The molecule has 0 saturated heterocycles. The molecule has 0 unspecified atom stereocenters.